The summed E-state index contributed by atoms with van der Waals surface area (Å²) in [5, 5.41) is 13.6. The number of hydrogen-bond donors (Lipinski definition) is 3. The molecule has 8 nitrogen and oxygen atoms in total. The molecule has 1 aromatic carbocycles. The SMILES string of the molecule is CC(C)[C@@H](NC(=O)OCc1ccccc1)C(=O)N[C@H](CCCC#N)C(N)=O. The third-order valence-corrected chi connectivity index (χ3v) is 3.88. The van der Waals surface area contributed by atoms with E-state index in [1.807, 2.05) is 36.4 Å². The average Bonchev–Trinajstić information content (AvgIpc) is 2.64. The molecule has 2 atom stereocenters. The number of nitrogens with zero attached hydrogens (tertiary/aromatic N) is 1. The van der Waals surface area contributed by atoms with Crippen molar-refractivity contribution in [1.82, 2.24) is 10.6 Å². The van der Waals surface area contributed by atoms with Gasteiger partial charge in [-0.15, -0.1) is 0 Å². The number of carbonyl (C=O) groups excluding carboxylic acids is 3. The molecule has 0 aliphatic heterocycles. The smallest absolute Gasteiger partial charge is 0.408 e. The van der Waals surface area contributed by atoms with Crippen molar-refractivity contribution in [3.63, 3.8) is 0 Å². The topological polar surface area (TPSA) is 134 Å². The van der Waals surface area contributed by atoms with E-state index in [-0.39, 0.29) is 25.4 Å². The van der Waals surface area contributed by atoms with Crippen molar-refractivity contribution in [2.45, 2.75) is 51.8 Å². The number of ether oxygens (including phenoxy) is 1. The Morgan fingerprint density at radius 3 is 2.41 bits per heavy atom. The fourth-order valence-electron chi connectivity index (χ4n) is 2.36. The predicted molar refractivity (Wildman–Crippen MR) is 99.0 cm³/mol. The monoisotopic (exact) mass is 374 g/mol. The zero-order valence-corrected chi connectivity index (χ0v) is 15.6. The van der Waals surface area contributed by atoms with Gasteiger partial charge in [-0.2, -0.15) is 5.26 Å². The van der Waals surface area contributed by atoms with Crippen molar-refractivity contribution in [2.24, 2.45) is 11.7 Å². The second-order valence-corrected chi connectivity index (χ2v) is 6.44. The predicted octanol–water partition coefficient (Wildman–Crippen LogP) is 1.60. The number of unbranched alkanes of at least 4 members (excludes halogenated alkanes) is 1. The fourth-order valence-corrected chi connectivity index (χ4v) is 2.36. The van der Waals surface area contributed by atoms with Gasteiger partial charge in [-0.05, 0) is 24.3 Å². The maximum absolute atomic E-state index is 12.5. The lowest BCUT2D eigenvalue weighted by atomic mass is 10.0. The zero-order chi connectivity index (χ0) is 20.2. The van der Waals surface area contributed by atoms with Crippen LogP contribution in [-0.4, -0.2) is 30.0 Å². The lowest BCUT2D eigenvalue weighted by Crippen LogP contribution is -2.54. The summed E-state index contributed by atoms with van der Waals surface area (Å²) in [5.74, 6) is -1.44. The van der Waals surface area contributed by atoms with Gasteiger partial charge in [0.25, 0.3) is 0 Å². The summed E-state index contributed by atoms with van der Waals surface area (Å²) in [6.07, 6.45) is 0.228. The Balaban J connectivity index is 2.61. The van der Waals surface area contributed by atoms with Gasteiger partial charge in [0, 0.05) is 6.42 Å². The molecule has 0 aliphatic rings. The number of amides is 3. The number of rotatable bonds is 10. The highest BCUT2D eigenvalue weighted by Crippen LogP contribution is 2.07. The second-order valence-electron chi connectivity index (χ2n) is 6.44. The number of alkyl carbamates (subject to hydrolysis) is 1. The summed E-state index contributed by atoms with van der Waals surface area (Å²) >= 11 is 0. The number of primary amides is 1. The molecule has 0 bridgehead atoms. The highest BCUT2D eigenvalue weighted by molar-refractivity contribution is 5.90. The Morgan fingerprint density at radius 1 is 1.19 bits per heavy atom. The molecule has 0 unspecified atom stereocenters. The first-order chi connectivity index (χ1) is 12.8. The van der Waals surface area contributed by atoms with Gasteiger partial charge in [0.05, 0.1) is 6.07 Å². The Kier molecular flexibility index (Phi) is 9.37. The van der Waals surface area contributed by atoms with Crippen LogP contribution in [-0.2, 0) is 20.9 Å². The van der Waals surface area contributed by atoms with Crippen molar-refractivity contribution in [2.75, 3.05) is 0 Å². The van der Waals surface area contributed by atoms with E-state index in [1.165, 1.54) is 0 Å². The molecule has 0 saturated heterocycles. The van der Waals surface area contributed by atoms with Crippen molar-refractivity contribution >= 4 is 17.9 Å². The number of nitrogens with two attached hydrogens (primary N) is 1. The van der Waals surface area contributed by atoms with E-state index in [1.54, 1.807) is 13.8 Å². The van der Waals surface area contributed by atoms with Crippen LogP contribution in [0.2, 0.25) is 0 Å². The van der Waals surface area contributed by atoms with Gasteiger partial charge in [0.2, 0.25) is 11.8 Å². The molecule has 0 radical (unpaired) electrons. The van der Waals surface area contributed by atoms with Gasteiger partial charge >= 0.3 is 6.09 Å². The van der Waals surface area contributed by atoms with Crippen LogP contribution in [0.25, 0.3) is 0 Å². The summed E-state index contributed by atoms with van der Waals surface area (Å²) in [5.41, 5.74) is 6.13. The summed E-state index contributed by atoms with van der Waals surface area (Å²) in [4.78, 5) is 36.0. The average molecular weight is 374 g/mol. The molecule has 146 valence electrons. The van der Waals surface area contributed by atoms with E-state index in [4.69, 9.17) is 15.7 Å². The summed E-state index contributed by atoms with van der Waals surface area (Å²) < 4.78 is 5.13. The van der Waals surface area contributed by atoms with Crippen LogP contribution in [0.4, 0.5) is 4.79 Å². The van der Waals surface area contributed by atoms with E-state index < -0.39 is 30.0 Å². The summed E-state index contributed by atoms with van der Waals surface area (Å²) in [6, 6.07) is 9.35. The van der Waals surface area contributed by atoms with Gasteiger partial charge in [-0.25, -0.2) is 4.79 Å². The quantitative estimate of drug-likeness (QED) is 0.535. The molecule has 3 amide bonds. The van der Waals surface area contributed by atoms with E-state index in [9.17, 15) is 14.4 Å². The minimum absolute atomic E-state index is 0.0805. The Bertz CT molecular complexity index is 670. The Labute approximate surface area is 159 Å². The molecule has 4 N–H and O–H groups in total. The molecule has 0 aromatic heterocycles. The number of carbonyl (C=O) groups is 3. The Morgan fingerprint density at radius 2 is 1.85 bits per heavy atom. The van der Waals surface area contributed by atoms with Gasteiger partial charge < -0.3 is 21.1 Å². The number of hydrogen-bond acceptors (Lipinski definition) is 5. The fraction of sp³-hybridized carbons (Fsp3) is 0.474. The van der Waals surface area contributed by atoms with E-state index in [0.29, 0.717) is 6.42 Å². The minimum atomic E-state index is -0.894. The molecule has 1 rings (SSSR count). The maximum Gasteiger partial charge on any atom is 0.408 e. The molecule has 8 heteroatoms. The first-order valence-corrected chi connectivity index (χ1v) is 8.79. The lowest BCUT2D eigenvalue weighted by molar-refractivity contribution is -0.129. The summed E-state index contributed by atoms with van der Waals surface area (Å²) in [7, 11) is 0. The van der Waals surface area contributed by atoms with Crippen LogP contribution >= 0.6 is 0 Å². The van der Waals surface area contributed by atoms with Crippen LogP contribution in [0.5, 0.6) is 0 Å². The molecule has 1 aromatic rings. The number of benzene rings is 1. The molecule has 0 fully saturated rings. The van der Waals surface area contributed by atoms with E-state index in [2.05, 4.69) is 10.6 Å². The highest BCUT2D eigenvalue weighted by Gasteiger charge is 2.28. The van der Waals surface area contributed by atoms with Crippen molar-refractivity contribution in [1.29, 1.82) is 5.26 Å². The van der Waals surface area contributed by atoms with Crippen molar-refractivity contribution in [3.05, 3.63) is 35.9 Å². The van der Waals surface area contributed by atoms with Gasteiger partial charge in [-0.1, -0.05) is 44.2 Å². The second kappa shape index (κ2) is 11.5. The van der Waals surface area contributed by atoms with Crippen LogP contribution in [0, 0.1) is 17.2 Å². The van der Waals surface area contributed by atoms with Crippen LogP contribution < -0.4 is 16.4 Å². The third kappa shape index (κ3) is 8.23. The van der Waals surface area contributed by atoms with Crippen LogP contribution in [0.15, 0.2) is 30.3 Å². The third-order valence-electron chi connectivity index (χ3n) is 3.88. The van der Waals surface area contributed by atoms with Gasteiger partial charge in [0.1, 0.15) is 18.7 Å². The van der Waals surface area contributed by atoms with Crippen LogP contribution in [0.1, 0.15) is 38.7 Å². The molecule has 0 spiro atoms. The Hall–Kier alpha value is -3.08. The highest BCUT2D eigenvalue weighted by atomic mass is 16.5. The summed E-state index contributed by atoms with van der Waals surface area (Å²) in [6.45, 7) is 3.60. The van der Waals surface area contributed by atoms with Crippen LogP contribution in [0.3, 0.4) is 0 Å². The molecule has 0 heterocycles. The van der Waals surface area contributed by atoms with E-state index in [0.717, 1.165) is 5.56 Å². The lowest BCUT2D eigenvalue weighted by Gasteiger charge is -2.24. The first-order valence-electron chi connectivity index (χ1n) is 8.79. The molecule has 0 aliphatic carbocycles. The molecule has 27 heavy (non-hydrogen) atoms. The van der Waals surface area contributed by atoms with Crippen molar-refractivity contribution in [3.8, 4) is 6.07 Å². The molecule has 0 saturated carbocycles. The minimum Gasteiger partial charge on any atom is -0.445 e. The normalized spacial score (nSPS) is 12.5. The zero-order valence-electron chi connectivity index (χ0n) is 15.6. The van der Waals surface area contributed by atoms with Gasteiger partial charge in [-0.3, -0.25) is 9.59 Å². The standard InChI is InChI=1S/C19H26N4O4/c1-13(2)16(18(25)22-15(17(21)24)10-6-7-11-20)23-19(26)27-12-14-8-4-3-5-9-14/h3-5,8-9,13,15-16H,6-7,10,12H2,1-2H3,(H2,21,24)(H,22,25)(H,23,26)/t15-,16-/m1/s1. The van der Waals surface area contributed by atoms with E-state index >= 15 is 0 Å². The maximum atomic E-state index is 12.5. The largest absolute Gasteiger partial charge is 0.445 e. The molecular weight excluding hydrogens is 348 g/mol. The molecular formula is C19H26N4O4. The van der Waals surface area contributed by atoms with Gasteiger partial charge in [0.15, 0.2) is 0 Å². The first kappa shape index (κ1) is 22.0. The van der Waals surface area contributed by atoms with Crippen molar-refractivity contribution < 1.29 is 19.1 Å². The number of nitriles is 1. The number of nitrogens with one attached hydrogen (secondary N) is 2.